The van der Waals surface area contributed by atoms with E-state index in [0.29, 0.717) is 12.5 Å². The van der Waals surface area contributed by atoms with Gasteiger partial charge in [0.2, 0.25) is 5.95 Å². The number of carbonyl (C=O) groups is 1. The van der Waals surface area contributed by atoms with E-state index < -0.39 is 11.2 Å². The quantitative estimate of drug-likeness (QED) is 0.571. The van der Waals surface area contributed by atoms with Crippen molar-refractivity contribution in [1.29, 1.82) is 0 Å². The molecule has 164 valence electrons. The molecule has 1 aliphatic carbocycles. The predicted molar refractivity (Wildman–Crippen MR) is 128 cm³/mol. The van der Waals surface area contributed by atoms with E-state index >= 15 is 0 Å². The summed E-state index contributed by atoms with van der Waals surface area (Å²) in [5, 5.41) is 6.22. The minimum atomic E-state index is -0.864. The summed E-state index contributed by atoms with van der Waals surface area (Å²) in [4.78, 5) is 21.3. The number of benzene rings is 2. The van der Waals surface area contributed by atoms with Crippen molar-refractivity contribution < 1.29 is 9.35 Å². The number of anilines is 2. The molecule has 2 heterocycles. The second-order valence-corrected chi connectivity index (χ2v) is 10.9. The molecule has 1 fully saturated rings. The van der Waals surface area contributed by atoms with Crippen molar-refractivity contribution in [3.05, 3.63) is 71.4 Å². The molecule has 2 N–H and O–H groups in total. The van der Waals surface area contributed by atoms with Crippen LogP contribution in [0.1, 0.15) is 48.2 Å². The zero-order chi connectivity index (χ0) is 22.5. The third-order valence-corrected chi connectivity index (χ3v) is 8.30. The van der Waals surface area contributed by atoms with E-state index in [0.717, 1.165) is 46.5 Å². The van der Waals surface area contributed by atoms with Crippen LogP contribution in [0.25, 0.3) is 11.3 Å². The number of nitrogens with one attached hydrogen (secondary N) is 2. The summed E-state index contributed by atoms with van der Waals surface area (Å²) in [6, 6.07) is 15.8. The first-order valence-electron chi connectivity index (χ1n) is 10.8. The Morgan fingerprint density at radius 2 is 1.84 bits per heavy atom. The molecule has 1 amide bonds. The van der Waals surface area contributed by atoms with Gasteiger partial charge in [-0.3, -0.25) is 4.79 Å². The summed E-state index contributed by atoms with van der Waals surface area (Å²) in [5.41, 5.74) is 5.36. The van der Waals surface area contributed by atoms with Crippen molar-refractivity contribution in [3.63, 3.8) is 0 Å². The highest BCUT2D eigenvalue weighted by molar-refractivity contribution is 7.91. The van der Waals surface area contributed by atoms with Gasteiger partial charge in [0.25, 0.3) is 5.91 Å². The zero-order valence-corrected chi connectivity index (χ0v) is 19.3. The lowest BCUT2D eigenvalue weighted by Crippen LogP contribution is -2.43. The van der Waals surface area contributed by atoms with Crippen molar-refractivity contribution in [2.24, 2.45) is 0 Å². The van der Waals surface area contributed by atoms with Gasteiger partial charge in [-0.25, -0.2) is 9.97 Å². The first-order chi connectivity index (χ1) is 15.3. The third kappa shape index (κ3) is 3.65. The maximum Gasteiger partial charge on any atom is 0.251 e. The Bertz CT molecular complexity index is 1190. The van der Waals surface area contributed by atoms with Crippen LogP contribution in [-0.2, 0) is 21.3 Å². The summed E-state index contributed by atoms with van der Waals surface area (Å²) in [6.07, 6.45) is 5.48. The fraction of sp³-hybridized carbons (Fsp3) is 0.320. The lowest BCUT2D eigenvalue weighted by molar-refractivity contribution is 0.0930. The van der Waals surface area contributed by atoms with Crippen LogP contribution in [0.5, 0.6) is 0 Å². The highest BCUT2D eigenvalue weighted by Crippen LogP contribution is 2.52. The van der Waals surface area contributed by atoms with Gasteiger partial charge in [0.15, 0.2) is 4.75 Å². The second-order valence-electron chi connectivity index (χ2n) is 9.24. The van der Waals surface area contributed by atoms with Gasteiger partial charge in [-0.2, -0.15) is 0 Å². The molecule has 1 unspecified atom stereocenters. The third-order valence-electron chi connectivity index (χ3n) is 6.56. The SMILES string of the molecule is C[S+]([O-])C1(c2ccc(Nc3nccc(-c4ccc5c(c4)C(C)(C)CNC5=O)n3)cc2)CC1. The number of nitrogens with zero attached hydrogens (tertiary/aromatic N) is 2. The normalized spacial score (nSPS) is 18.9. The molecule has 0 bridgehead atoms. The molecule has 2 aliphatic rings. The van der Waals surface area contributed by atoms with E-state index in [1.165, 1.54) is 0 Å². The van der Waals surface area contributed by atoms with Crippen molar-refractivity contribution in [2.75, 3.05) is 18.1 Å². The topological polar surface area (TPSA) is 90.0 Å². The molecule has 0 saturated heterocycles. The van der Waals surface area contributed by atoms with E-state index in [1.807, 2.05) is 42.5 Å². The Balaban J connectivity index is 1.39. The summed E-state index contributed by atoms with van der Waals surface area (Å²) >= 11 is -0.864. The molecule has 6 nitrogen and oxygen atoms in total. The summed E-state index contributed by atoms with van der Waals surface area (Å²) < 4.78 is 11.9. The lowest BCUT2D eigenvalue weighted by atomic mass is 9.78. The lowest BCUT2D eigenvalue weighted by Gasteiger charge is -2.32. The van der Waals surface area contributed by atoms with Gasteiger partial charge in [-0.05, 0) is 47.1 Å². The average Bonchev–Trinajstić information content (AvgIpc) is 3.60. The Morgan fingerprint density at radius 3 is 2.53 bits per heavy atom. The molecule has 5 rings (SSSR count). The molecule has 2 aromatic carbocycles. The molecule has 0 radical (unpaired) electrons. The van der Waals surface area contributed by atoms with Crippen molar-refractivity contribution in [1.82, 2.24) is 15.3 Å². The summed E-state index contributed by atoms with van der Waals surface area (Å²) in [6.45, 7) is 4.87. The molecular formula is C25H26N4O2S. The summed E-state index contributed by atoms with van der Waals surface area (Å²) in [5.74, 6) is 0.476. The van der Waals surface area contributed by atoms with Crippen LogP contribution in [0.4, 0.5) is 11.6 Å². The Labute approximate surface area is 191 Å². The smallest absolute Gasteiger partial charge is 0.251 e. The largest absolute Gasteiger partial charge is 0.616 e. The van der Waals surface area contributed by atoms with Crippen LogP contribution >= 0.6 is 0 Å². The molecule has 1 aromatic heterocycles. The van der Waals surface area contributed by atoms with E-state index in [2.05, 4.69) is 35.5 Å². The van der Waals surface area contributed by atoms with Crippen LogP contribution < -0.4 is 10.6 Å². The fourth-order valence-electron chi connectivity index (χ4n) is 4.37. The average molecular weight is 447 g/mol. The van der Waals surface area contributed by atoms with E-state index in [4.69, 9.17) is 4.98 Å². The van der Waals surface area contributed by atoms with Crippen LogP contribution in [0, 0.1) is 0 Å². The van der Waals surface area contributed by atoms with Gasteiger partial charge >= 0.3 is 0 Å². The number of fused-ring (bicyclic) bond motifs is 1. The zero-order valence-electron chi connectivity index (χ0n) is 18.4. The summed E-state index contributed by atoms with van der Waals surface area (Å²) in [7, 11) is 0. The number of amides is 1. The fourth-order valence-corrected chi connectivity index (χ4v) is 5.52. The minimum absolute atomic E-state index is 0.0285. The van der Waals surface area contributed by atoms with Crippen molar-refractivity contribution >= 4 is 28.7 Å². The van der Waals surface area contributed by atoms with Gasteiger partial charge in [-0.15, -0.1) is 0 Å². The molecule has 1 saturated carbocycles. The first kappa shape index (κ1) is 21.0. The van der Waals surface area contributed by atoms with Gasteiger partial charge in [-0.1, -0.05) is 32.0 Å². The van der Waals surface area contributed by atoms with Crippen LogP contribution in [0.15, 0.2) is 54.7 Å². The van der Waals surface area contributed by atoms with Crippen molar-refractivity contribution in [3.8, 4) is 11.3 Å². The van der Waals surface area contributed by atoms with E-state index in [9.17, 15) is 9.35 Å². The van der Waals surface area contributed by atoms with Crippen LogP contribution in [-0.4, -0.2) is 33.2 Å². The van der Waals surface area contributed by atoms with Crippen LogP contribution in [0.2, 0.25) is 0 Å². The van der Waals surface area contributed by atoms with Crippen LogP contribution in [0.3, 0.4) is 0 Å². The predicted octanol–water partition coefficient (Wildman–Crippen LogP) is 4.28. The first-order valence-corrected chi connectivity index (χ1v) is 12.3. The Hall–Kier alpha value is -2.90. The van der Waals surface area contributed by atoms with Gasteiger partial charge in [0, 0.05) is 53.4 Å². The Kier molecular flexibility index (Phi) is 4.98. The molecule has 0 spiro atoms. The number of carbonyl (C=O) groups excluding carboxylic acids is 1. The molecule has 3 aromatic rings. The number of aromatic nitrogens is 2. The molecule has 1 aliphatic heterocycles. The highest BCUT2D eigenvalue weighted by atomic mass is 32.2. The molecule has 1 atom stereocenters. The monoisotopic (exact) mass is 446 g/mol. The minimum Gasteiger partial charge on any atom is -0.616 e. The van der Waals surface area contributed by atoms with Gasteiger partial charge in [0.05, 0.1) is 11.9 Å². The number of hydrogen-bond donors (Lipinski definition) is 2. The maximum absolute atomic E-state index is 12.2. The number of hydrogen-bond acceptors (Lipinski definition) is 5. The second kappa shape index (κ2) is 7.60. The maximum atomic E-state index is 12.2. The Morgan fingerprint density at radius 1 is 1.09 bits per heavy atom. The van der Waals surface area contributed by atoms with E-state index in [1.54, 1.807) is 12.5 Å². The standard InChI is InChI=1S/C25H26N4O2S/c1-24(2)15-27-22(30)19-9-4-16(14-20(19)24)21-10-13-26-23(29-21)28-18-7-5-17(6-8-18)25(11-12-25)32(3)31/h4-10,13-14H,11-12,15H2,1-3H3,(H,27,30)(H,26,28,29). The molecule has 7 heteroatoms. The number of rotatable bonds is 5. The van der Waals surface area contributed by atoms with Crippen molar-refractivity contribution in [2.45, 2.75) is 36.9 Å². The molecular weight excluding hydrogens is 420 g/mol. The van der Waals surface area contributed by atoms with E-state index in [-0.39, 0.29) is 16.1 Å². The van der Waals surface area contributed by atoms with Gasteiger partial charge < -0.3 is 15.2 Å². The highest BCUT2D eigenvalue weighted by Gasteiger charge is 2.53. The molecule has 32 heavy (non-hydrogen) atoms. The van der Waals surface area contributed by atoms with Gasteiger partial charge in [0.1, 0.15) is 0 Å².